The van der Waals surface area contributed by atoms with E-state index >= 15 is 0 Å². The highest BCUT2D eigenvalue weighted by Crippen LogP contribution is 2.33. The molecule has 2 aromatic carbocycles. The molecule has 1 atom stereocenters. The molecule has 184 valence electrons. The number of carbonyl (C=O) groups is 3. The summed E-state index contributed by atoms with van der Waals surface area (Å²) < 4.78 is 10.9. The van der Waals surface area contributed by atoms with E-state index in [4.69, 9.17) is 9.47 Å². The Morgan fingerprint density at radius 3 is 2.31 bits per heavy atom. The van der Waals surface area contributed by atoms with Crippen molar-refractivity contribution >= 4 is 39.8 Å². The van der Waals surface area contributed by atoms with E-state index in [9.17, 15) is 14.4 Å². The van der Waals surface area contributed by atoms with Gasteiger partial charge in [0.05, 0.1) is 12.2 Å². The minimum absolute atomic E-state index is 0.253. The summed E-state index contributed by atoms with van der Waals surface area (Å²) in [5, 5.41) is 6.17. The van der Waals surface area contributed by atoms with Crippen molar-refractivity contribution in [3.63, 3.8) is 0 Å². The molecule has 3 rings (SSSR count). The normalized spacial score (nSPS) is 11.5. The zero-order valence-electron chi connectivity index (χ0n) is 20.8. The number of nitrogens with one attached hydrogen (secondary N) is 2. The number of aryl methyl sites for hydroxylation is 3. The summed E-state index contributed by atoms with van der Waals surface area (Å²) in [5.74, 6) is -0.624. The zero-order chi connectivity index (χ0) is 25.7. The van der Waals surface area contributed by atoms with Gasteiger partial charge in [0.25, 0.3) is 11.8 Å². The molecule has 0 aliphatic carbocycles. The Morgan fingerprint density at radius 1 is 0.971 bits per heavy atom. The fourth-order valence-corrected chi connectivity index (χ4v) is 4.43. The van der Waals surface area contributed by atoms with Gasteiger partial charge in [-0.2, -0.15) is 0 Å². The van der Waals surface area contributed by atoms with Crippen molar-refractivity contribution in [2.75, 3.05) is 17.2 Å². The molecule has 0 aliphatic rings. The van der Waals surface area contributed by atoms with Crippen molar-refractivity contribution in [1.29, 1.82) is 0 Å². The third-order valence-electron chi connectivity index (χ3n) is 5.54. The first-order chi connectivity index (χ1) is 16.6. The maximum absolute atomic E-state index is 12.8. The number of ether oxygens (including phenoxy) is 2. The largest absolute Gasteiger partial charge is 0.481 e. The number of rotatable bonds is 8. The van der Waals surface area contributed by atoms with Crippen molar-refractivity contribution in [2.45, 2.75) is 47.6 Å². The second-order valence-electron chi connectivity index (χ2n) is 8.25. The lowest BCUT2D eigenvalue weighted by Gasteiger charge is -2.16. The SMILES string of the molecule is CCOC(=O)c1c(NC(=O)c2ccc(O[C@H](C)C(=O)Nc3cc(C)ccc3C)cc2)sc(C)c1C. The Bertz CT molecular complexity index is 1250. The molecule has 0 fully saturated rings. The van der Waals surface area contributed by atoms with Crippen LogP contribution in [0.4, 0.5) is 10.7 Å². The molecule has 8 heteroatoms. The quantitative estimate of drug-likeness (QED) is 0.385. The van der Waals surface area contributed by atoms with E-state index in [-0.39, 0.29) is 18.4 Å². The number of thiophene rings is 1. The minimum Gasteiger partial charge on any atom is -0.481 e. The molecule has 0 saturated carbocycles. The van der Waals surface area contributed by atoms with Gasteiger partial charge in [0.15, 0.2) is 6.10 Å². The van der Waals surface area contributed by atoms with Crippen molar-refractivity contribution < 1.29 is 23.9 Å². The summed E-state index contributed by atoms with van der Waals surface area (Å²) in [6.45, 7) is 11.3. The van der Waals surface area contributed by atoms with E-state index in [0.717, 1.165) is 27.3 Å². The molecule has 0 radical (unpaired) electrons. The number of hydrogen-bond donors (Lipinski definition) is 2. The van der Waals surface area contributed by atoms with Crippen LogP contribution in [0, 0.1) is 27.7 Å². The summed E-state index contributed by atoms with van der Waals surface area (Å²) in [6.07, 6.45) is -0.737. The van der Waals surface area contributed by atoms with Crippen LogP contribution in [0.1, 0.15) is 56.1 Å². The summed E-state index contributed by atoms with van der Waals surface area (Å²) in [5.41, 5.74) is 4.33. The number of benzene rings is 2. The Hall–Kier alpha value is -3.65. The van der Waals surface area contributed by atoms with Crippen LogP contribution < -0.4 is 15.4 Å². The van der Waals surface area contributed by atoms with E-state index in [2.05, 4.69) is 10.6 Å². The van der Waals surface area contributed by atoms with Gasteiger partial charge < -0.3 is 20.1 Å². The lowest BCUT2D eigenvalue weighted by Crippen LogP contribution is -2.30. The van der Waals surface area contributed by atoms with Crippen molar-refractivity contribution in [2.24, 2.45) is 0 Å². The topological polar surface area (TPSA) is 93.7 Å². The summed E-state index contributed by atoms with van der Waals surface area (Å²) >= 11 is 1.33. The third-order valence-corrected chi connectivity index (χ3v) is 6.66. The predicted molar refractivity (Wildman–Crippen MR) is 139 cm³/mol. The Morgan fingerprint density at radius 2 is 1.66 bits per heavy atom. The first-order valence-electron chi connectivity index (χ1n) is 11.3. The number of anilines is 2. The predicted octanol–water partition coefficient (Wildman–Crippen LogP) is 5.82. The van der Waals surface area contributed by atoms with Crippen LogP contribution in [0.25, 0.3) is 0 Å². The molecule has 0 spiro atoms. The zero-order valence-corrected chi connectivity index (χ0v) is 21.6. The minimum atomic E-state index is -0.737. The highest BCUT2D eigenvalue weighted by molar-refractivity contribution is 7.16. The highest BCUT2D eigenvalue weighted by atomic mass is 32.1. The van der Waals surface area contributed by atoms with Gasteiger partial charge in [-0.25, -0.2) is 4.79 Å². The Balaban J connectivity index is 1.65. The molecule has 0 aliphatic heterocycles. The molecular weight excluding hydrogens is 464 g/mol. The number of hydrogen-bond acceptors (Lipinski definition) is 6. The molecule has 2 amide bonds. The van der Waals surface area contributed by atoms with Gasteiger partial charge in [0.1, 0.15) is 10.8 Å². The Kier molecular flexibility index (Phi) is 8.30. The van der Waals surface area contributed by atoms with Crippen LogP contribution in [0.15, 0.2) is 42.5 Å². The lowest BCUT2D eigenvalue weighted by molar-refractivity contribution is -0.122. The highest BCUT2D eigenvalue weighted by Gasteiger charge is 2.22. The van der Waals surface area contributed by atoms with E-state index in [1.807, 2.05) is 45.9 Å². The first kappa shape index (κ1) is 26.0. The molecule has 0 bridgehead atoms. The van der Waals surface area contributed by atoms with Gasteiger partial charge in [0, 0.05) is 16.1 Å². The van der Waals surface area contributed by atoms with Gasteiger partial charge in [0.2, 0.25) is 0 Å². The van der Waals surface area contributed by atoms with Gasteiger partial charge in [-0.3, -0.25) is 9.59 Å². The molecule has 1 aromatic heterocycles. The van der Waals surface area contributed by atoms with Gasteiger partial charge in [-0.05, 0) is 88.6 Å². The van der Waals surface area contributed by atoms with E-state index < -0.39 is 12.1 Å². The van der Waals surface area contributed by atoms with E-state index in [1.54, 1.807) is 38.1 Å². The smallest absolute Gasteiger partial charge is 0.341 e. The summed E-state index contributed by atoms with van der Waals surface area (Å²) in [7, 11) is 0. The molecule has 35 heavy (non-hydrogen) atoms. The standard InChI is InChI=1S/C27H30N2O5S/c1-7-33-27(32)23-17(4)19(6)35-26(23)29-25(31)20-10-12-21(13-11-20)34-18(5)24(30)28-22-14-15(2)8-9-16(22)3/h8-14,18H,7H2,1-6H3,(H,28,30)(H,29,31)/t18-/m1/s1. The van der Waals surface area contributed by atoms with Crippen LogP contribution in [-0.2, 0) is 9.53 Å². The van der Waals surface area contributed by atoms with Crippen LogP contribution in [-0.4, -0.2) is 30.5 Å². The molecule has 0 unspecified atom stereocenters. The number of amides is 2. The molecule has 7 nitrogen and oxygen atoms in total. The number of carbonyl (C=O) groups excluding carboxylic acids is 3. The first-order valence-corrected chi connectivity index (χ1v) is 12.2. The average Bonchev–Trinajstić information content (AvgIpc) is 3.09. The second kappa shape index (κ2) is 11.2. The van der Waals surface area contributed by atoms with E-state index in [0.29, 0.717) is 21.9 Å². The molecule has 3 aromatic rings. The molecule has 2 N–H and O–H groups in total. The maximum Gasteiger partial charge on any atom is 0.341 e. The number of esters is 1. The van der Waals surface area contributed by atoms with Crippen molar-refractivity contribution in [3.05, 3.63) is 75.2 Å². The van der Waals surface area contributed by atoms with Crippen molar-refractivity contribution in [3.8, 4) is 5.75 Å². The van der Waals surface area contributed by atoms with Gasteiger partial charge in [-0.15, -0.1) is 11.3 Å². The fourth-order valence-electron chi connectivity index (χ4n) is 3.39. The van der Waals surface area contributed by atoms with Crippen LogP contribution in [0.5, 0.6) is 5.75 Å². The lowest BCUT2D eigenvalue weighted by atomic mass is 10.1. The van der Waals surface area contributed by atoms with Gasteiger partial charge in [-0.1, -0.05) is 12.1 Å². The van der Waals surface area contributed by atoms with Gasteiger partial charge >= 0.3 is 5.97 Å². The molecule has 1 heterocycles. The second-order valence-corrected chi connectivity index (χ2v) is 9.48. The molecule has 0 saturated heterocycles. The van der Waals surface area contributed by atoms with Crippen LogP contribution in [0.3, 0.4) is 0 Å². The third kappa shape index (κ3) is 6.27. The average molecular weight is 495 g/mol. The summed E-state index contributed by atoms with van der Waals surface area (Å²) in [6, 6.07) is 12.3. The van der Waals surface area contributed by atoms with Crippen LogP contribution >= 0.6 is 11.3 Å². The molecular formula is C27H30N2O5S. The Labute approximate surface area is 209 Å². The van der Waals surface area contributed by atoms with Crippen LogP contribution in [0.2, 0.25) is 0 Å². The van der Waals surface area contributed by atoms with E-state index in [1.165, 1.54) is 11.3 Å². The fraction of sp³-hybridized carbons (Fsp3) is 0.296. The van der Waals surface area contributed by atoms with Crippen molar-refractivity contribution in [1.82, 2.24) is 0 Å². The summed E-state index contributed by atoms with van der Waals surface area (Å²) in [4.78, 5) is 38.7. The maximum atomic E-state index is 12.8. The monoisotopic (exact) mass is 494 g/mol.